The van der Waals surface area contributed by atoms with Crippen molar-refractivity contribution < 1.29 is 19.2 Å². The van der Waals surface area contributed by atoms with Crippen molar-refractivity contribution in [3.8, 4) is 5.75 Å². The zero-order valence-electron chi connectivity index (χ0n) is 17.2. The number of amides is 2. The molecule has 2 amide bonds. The zero-order valence-corrected chi connectivity index (χ0v) is 18.0. The van der Waals surface area contributed by atoms with Crippen LogP contribution in [0.2, 0.25) is 0 Å². The van der Waals surface area contributed by atoms with Crippen LogP contribution in [-0.2, 0) is 17.6 Å². The number of rotatable bonds is 6. The summed E-state index contributed by atoms with van der Waals surface area (Å²) < 4.78 is 5.33. The molecule has 1 aromatic heterocycles. The molecule has 8 nitrogen and oxygen atoms in total. The van der Waals surface area contributed by atoms with Gasteiger partial charge in [-0.2, -0.15) is 0 Å². The van der Waals surface area contributed by atoms with Crippen molar-refractivity contribution in [3.05, 3.63) is 50.4 Å². The quantitative estimate of drug-likeness (QED) is 0.530. The van der Waals surface area contributed by atoms with E-state index < -0.39 is 23.3 Å². The van der Waals surface area contributed by atoms with Crippen LogP contribution in [0.3, 0.4) is 0 Å². The van der Waals surface area contributed by atoms with Crippen molar-refractivity contribution in [1.29, 1.82) is 0 Å². The third kappa shape index (κ3) is 4.62. The number of primary amides is 1. The van der Waals surface area contributed by atoms with Crippen LogP contribution in [0.15, 0.2) is 24.3 Å². The minimum atomic E-state index is -0.573. The molecule has 1 atom stereocenters. The molecule has 1 aromatic carbocycles. The first kappa shape index (κ1) is 21.8. The summed E-state index contributed by atoms with van der Waals surface area (Å²) in [4.78, 5) is 36.1. The lowest BCUT2D eigenvalue weighted by molar-refractivity contribution is -0.385. The van der Waals surface area contributed by atoms with E-state index in [1.807, 2.05) is 0 Å². The number of para-hydroxylation sites is 2. The average Bonchev–Trinajstić information content (AvgIpc) is 3.02. The standard InChI is InChI=1S/C21H25N3O5S/c1-21(2,3)12-8-9-13-16(10-12)30-20(18(13)19(22)26)23-17(25)11-29-15-7-5-4-6-14(15)24(27)28/h4-7,12H,8-11H2,1-3H3,(H2,22,26)(H,23,25)/t12-/m1/s1. The molecule has 1 aliphatic carbocycles. The van der Waals surface area contributed by atoms with Gasteiger partial charge in [0.1, 0.15) is 5.00 Å². The summed E-state index contributed by atoms with van der Waals surface area (Å²) in [6, 6.07) is 5.84. The maximum absolute atomic E-state index is 12.4. The summed E-state index contributed by atoms with van der Waals surface area (Å²) in [6.07, 6.45) is 2.54. The van der Waals surface area contributed by atoms with Gasteiger partial charge in [0.05, 0.1) is 10.5 Å². The first-order valence-corrected chi connectivity index (χ1v) is 10.5. The van der Waals surface area contributed by atoms with Crippen LogP contribution in [0.4, 0.5) is 10.7 Å². The van der Waals surface area contributed by atoms with E-state index in [0.29, 0.717) is 16.5 Å². The topological polar surface area (TPSA) is 125 Å². The summed E-state index contributed by atoms with van der Waals surface area (Å²) in [6.45, 7) is 6.19. The Morgan fingerprint density at radius 2 is 2.03 bits per heavy atom. The summed E-state index contributed by atoms with van der Waals surface area (Å²) in [5.74, 6) is -0.598. The lowest BCUT2D eigenvalue weighted by Gasteiger charge is -2.33. The second kappa shape index (κ2) is 8.43. The minimum absolute atomic E-state index is 0.00580. The van der Waals surface area contributed by atoms with E-state index in [-0.39, 0.29) is 16.9 Å². The highest BCUT2D eigenvalue weighted by Crippen LogP contribution is 2.44. The molecule has 30 heavy (non-hydrogen) atoms. The monoisotopic (exact) mass is 431 g/mol. The predicted octanol–water partition coefficient (Wildman–Crippen LogP) is 3.92. The van der Waals surface area contributed by atoms with E-state index in [4.69, 9.17) is 10.5 Å². The maximum atomic E-state index is 12.4. The van der Waals surface area contributed by atoms with Crippen LogP contribution in [0, 0.1) is 21.4 Å². The van der Waals surface area contributed by atoms with E-state index in [9.17, 15) is 19.7 Å². The number of thiophene rings is 1. The fraction of sp³-hybridized carbons (Fsp3) is 0.429. The maximum Gasteiger partial charge on any atom is 0.310 e. The first-order valence-electron chi connectivity index (χ1n) is 9.68. The molecule has 3 rings (SSSR count). The predicted molar refractivity (Wildman–Crippen MR) is 115 cm³/mol. The smallest absolute Gasteiger partial charge is 0.310 e. The molecule has 9 heteroatoms. The van der Waals surface area contributed by atoms with Crippen molar-refractivity contribution in [2.24, 2.45) is 17.1 Å². The number of nitrogens with one attached hydrogen (secondary N) is 1. The Hall–Kier alpha value is -2.94. The largest absolute Gasteiger partial charge is 0.477 e. The fourth-order valence-corrected chi connectivity index (χ4v) is 5.06. The number of anilines is 1. The van der Waals surface area contributed by atoms with Crippen LogP contribution in [0.25, 0.3) is 0 Å². The number of nitrogens with zero attached hydrogens (tertiary/aromatic N) is 1. The first-order chi connectivity index (χ1) is 14.1. The third-order valence-electron chi connectivity index (χ3n) is 5.41. The highest BCUT2D eigenvalue weighted by atomic mass is 32.1. The van der Waals surface area contributed by atoms with Crippen molar-refractivity contribution >= 4 is 33.8 Å². The number of nitro groups is 1. The number of carbonyl (C=O) groups is 2. The van der Waals surface area contributed by atoms with E-state index in [1.54, 1.807) is 6.07 Å². The van der Waals surface area contributed by atoms with Gasteiger partial charge in [0.15, 0.2) is 12.4 Å². The number of nitro benzene ring substituents is 1. The van der Waals surface area contributed by atoms with Crippen molar-refractivity contribution in [3.63, 3.8) is 0 Å². The van der Waals surface area contributed by atoms with E-state index >= 15 is 0 Å². The number of hydrogen-bond donors (Lipinski definition) is 2. The molecule has 0 saturated heterocycles. The number of ether oxygens (including phenoxy) is 1. The van der Waals surface area contributed by atoms with Crippen molar-refractivity contribution in [2.75, 3.05) is 11.9 Å². The Bertz CT molecular complexity index is 993. The van der Waals surface area contributed by atoms with Crippen LogP contribution in [0.5, 0.6) is 5.75 Å². The Labute approximate surface area is 178 Å². The van der Waals surface area contributed by atoms with Crippen LogP contribution in [0.1, 0.15) is 48.0 Å². The van der Waals surface area contributed by atoms with Crippen LogP contribution >= 0.6 is 11.3 Å². The number of hydrogen-bond acceptors (Lipinski definition) is 6. The molecule has 0 spiro atoms. The Balaban J connectivity index is 1.75. The Kier molecular flexibility index (Phi) is 6.12. The normalized spacial score (nSPS) is 15.9. The lowest BCUT2D eigenvalue weighted by Crippen LogP contribution is -2.27. The summed E-state index contributed by atoms with van der Waals surface area (Å²) >= 11 is 1.37. The van der Waals surface area contributed by atoms with Gasteiger partial charge in [0.25, 0.3) is 11.8 Å². The molecule has 1 heterocycles. The second-order valence-corrected chi connectivity index (χ2v) is 9.54. The molecule has 2 aromatic rings. The highest BCUT2D eigenvalue weighted by Gasteiger charge is 2.33. The molecular weight excluding hydrogens is 406 g/mol. The van der Waals surface area contributed by atoms with Gasteiger partial charge in [-0.3, -0.25) is 19.7 Å². The second-order valence-electron chi connectivity index (χ2n) is 8.44. The molecule has 160 valence electrons. The van der Waals surface area contributed by atoms with Gasteiger partial charge in [-0.05, 0) is 42.2 Å². The molecule has 0 radical (unpaired) electrons. The number of carbonyl (C=O) groups excluding carboxylic acids is 2. The number of nitrogens with two attached hydrogens (primary N) is 1. The van der Waals surface area contributed by atoms with Gasteiger partial charge in [-0.25, -0.2) is 0 Å². The van der Waals surface area contributed by atoms with Gasteiger partial charge in [-0.1, -0.05) is 32.9 Å². The van der Waals surface area contributed by atoms with Crippen LogP contribution < -0.4 is 15.8 Å². The molecule has 0 saturated carbocycles. The van der Waals surface area contributed by atoms with E-state index in [0.717, 1.165) is 29.7 Å². The van der Waals surface area contributed by atoms with E-state index in [2.05, 4.69) is 26.1 Å². The third-order valence-corrected chi connectivity index (χ3v) is 6.58. The molecular formula is C21H25N3O5S. The lowest BCUT2D eigenvalue weighted by atomic mass is 9.72. The van der Waals surface area contributed by atoms with Gasteiger partial charge >= 0.3 is 5.69 Å². The molecule has 0 aliphatic heterocycles. The van der Waals surface area contributed by atoms with Crippen molar-refractivity contribution in [1.82, 2.24) is 0 Å². The Morgan fingerprint density at radius 3 is 2.67 bits per heavy atom. The molecule has 0 unspecified atom stereocenters. The number of benzene rings is 1. The van der Waals surface area contributed by atoms with Crippen molar-refractivity contribution in [2.45, 2.75) is 40.0 Å². The molecule has 1 aliphatic rings. The summed E-state index contributed by atoms with van der Waals surface area (Å²) in [5.41, 5.74) is 6.82. The molecule has 0 bridgehead atoms. The van der Waals surface area contributed by atoms with E-state index in [1.165, 1.54) is 29.5 Å². The molecule has 3 N–H and O–H groups in total. The highest BCUT2D eigenvalue weighted by molar-refractivity contribution is 7.17. The summed E-state index contributed by atoms with van der Waals surface area (Å²) in [7, 11) is 0. The number of fused-ring (bicyclic) bond motifs is 1. The van der Waals surface area contributed by atoms with Gasteiger partial charge < -0.3 is 15.8 Å². The zero-order chi connectivity index (χ0) is 22.1. The fourth-order valence-electron chi connectivity index (χ4n) is 3.71. The minimum Gasteiger partial charge on any atom is -0.477 e. The molecule has 0 fully saturated rings. The summed E-state index contributed by atoms with van der Waals surface area (Å²) in [5, 5.41) is 14.2. The van der Waals surface area contributed by atoms with Gasteiger partial charge in [-0.15, -0.1) is 11.3 Å². The van der Waals surface area contributed by atoms with Gasteiger partial charge in [0.2, 0.25) is 0 Å². The Morgan fingerprint density at radius 1 is 1.33 bits per heavy atom. The average molecular weight is 432 g/mol. The van der Waals surface area contributed by atoms with Gasteiger partial charge in [0, 0.05) is 10.9 Å². The SMILES string of the molecule is CC(C)(C)[C@@H]1CCc2c(sc(NC(=O)COc3ccccc3[N+](=O)[O-])c2C(N)=O)C1. The van der Waals surface area contributed by atoms with Crippen LogP contribution in [-0.4, -0.2) is 23.3 Å².